The third kappa shape index (κ3) is 2.82. The molecule has 20 heavy (non-hydrogen) atoms. The number of fused-ring (bicyclic) bond motifs is 1. The number of anilines is 1. The minimum absolute atomic E-state index is 0.0946. The molecular weight excluding hydrogens is 248 g/mol. The van der Waals surface area contributed by atoms with E-state index in [9.17, 15) is 4.79 Å². The van der Waals surface area contributed by atoms with Crippen LogP contribution in [0.3, 0.4) is 0 Å². The number of benzene rings is 1. The summed E-state index contributed by atoms with van der Waals surface area (Å²) < 4.78 is 0. The molecule has 1 saturated carbocycles. The maximum atomic E-state index is 12.5. The second kappa shape index (κ2) is 5.86. The number of hydrogen-bond acceptors (Lipinski definition) is 2. The highest BCUT2D eigenvalue weighted by atomic mass is 16.2. The molecule has 2 unspecified atom stereocenters. The predicted molar refractivity (Wildman–Crippen MR) is 81.7 cm³/mol. The van der Waals surface area contributed by atoms with Gasteiger partial charge in [-0.3, -0.25) is 4.79 Å². The molecule has 2 N–H and O–H groups in total. The number of nitrogens with one attached hydrogen (secondary N) is 2. The summed E-state index contributed by atoms with van der Waals surface area (Å²) in [5.74, 6) is 0.769. The number of carbonyl (C=O) groups excluding carboxylic acids is 1. The predicted octanol–water partition coefficient (Wildman–Crippen LogP) is 3.11. The van der Waals surface area contributed by atoms with Gasteiger partial charge in [-0.05, 0) is 30.4 Å². The van der Waals surface area contributed by atoms with Crippen molar-refractivity contribution in [1.29, 1.82) is 0 Å². The van der Waals surface area contributed by atoms with Crippen LogP contribution in [0.25, 0.3) is 0 Å². The fourth-order valence-electron chi connectivity index (χ4n) is 3.45. The first-order valence-electron chi connectivity index (χ1n) is 7.89. The average Bonchev–Trinajstić information content (AvgIpc) is 2.79. The SMILES string of the molecule is CC1CCCCCC1NC(=O)[C@@H]1Cc2ccccc2N1. The average molecular weight is 272 g/mol. The van der Waals surface area contributed by atoms with E-state index < -0.39 is 0 Å². The molecule has 0 bridgehead atoms. The van der Waals surface area contributed by atoms with Crippen molar-refractivity contribution in [3.05, 3.63) is 29.8 Å². The van der Waals surface area contributed by atoms with Crippen LogP contribution >= 0.6 is 0 Å². The largest absolute Gasteiger partial charge is 0.373 e. The molecule has 1 aliphatic heterocycles. The highest BCUT2D eigenvalue weighted by Crippen LogP contribution is 2.26. The summed E-state index contributed by atoms with van der Waals surface area (Å²) in [5, 5.41) is 6.63. The van der Waals surface area contributed by atoms with Crippen molar-refractivity contribution in [1.82, 2.24) is 5.32 Å². The Bertz CT molecular complexity index is 461. The van der Waals surface area contributed by atoms with Gasteiger partial charge in [-0.1, -0.05) is 44.4 Å². The van der Waals surface area contributed by atoms with Crippen molar-refractivity contribution >= 4 is 11.6 Å². The van der Waals surface area contributed by atoms with Gasteiger partial charge in [0.25, 0.3) is 0 Å². The highest BCUT2D eigenvalue weighted by molar-refractivity contribution is 5.87. The van der Waals surface area contributed by atoms with Gasteiger partial charge in [0.1, 0.15) is 6.04 Å². The second-order valence-electron chi connectivity index (χ2n) is 6.29. The molecule has 0 radical (unpaired) electrons. The molecule has 3 nitrogen and oxygen atoms in total. The third-order valence-electron chi connectivity index (χ3n) is 4.78. The highest BCUT2D eigenvalue weighted by Gasteiger charge is 2.29. The van der Waals surface area contributed by atoms with Crippen LogP contribution in [-0.4, -0.2) is 18.0 Å². The Morgan fingerprint density at radius 1 is 1.20 bits per heavy atom. The van der Waals surface area contributed by atoms with Crippen LogP contribution < -0.4 is 10.6 Å². The van der Waals surface area contributed by atoms with E-state index in [4.69, 9.17) is 0 Å². The van der Waals surface area contributed by atoms with Crippen molar-refractivity contribution in [2.75, 3.05) is 5.32 Å². The molecule has 3 atom stereocenters. The van der Waals surface area contributed by atoms with Crippen molar-refractivity contribution in [2.24, 2.45) is 5.92 Å². The molecule has 1 aliphatic carbocycles. The second-order valence-corrected chi connectivity index (χ2v) is 6.29. The molecule has 1 heterocycles. The van der Waals surface area contributed by atoms with E-state index in [2.05, 4.69) is 29.7 Å². The van der Waals surface area contributed by atoms with Gasteiger partial charge in [0.2, 0.25) is 5.91 Å². The smallest absolute Gasteiger partial charge is 0.243 e. The van der Waals surface area contributed by atoms with Gasteiger partial charge in [0.15, 0.2) is 0 Å². The lowest BCUT2D eigenvalue weighted by molar-refractivity contribution is -0.122. The Morgan fingerprint density at radius 2 is 2.00 bits per heavy atom. The molecule has 1 amide bonds. The summed E-state index contributed by atoms with van der Waals surface area (Å²) in [6.45, 7) is 2.27. The van der Waals surface area contributed by atoms with Crippen LogP contribution in [-0.2, 0) is 11.2 Å². The first kappa shape index (κ1) is 13.5. The van der Waals surface area contributed by atoms with Crippen LogP contribution in [0.5, 0.6) is 0 Å². The summed E-state index contributed by atoms with van der Waals surface area (Å²) in [7, 11) is 0. The normalized spacial score (nSPS) is 29.1. The number of hydrogen-bond donors (Lipinski definition) is 2. The van der Waals surface area contributed by atoms with Gasteiger partial charge >= 0.3 is 0 Å². The first-order chi connectivity index (χ1) is 9.74. The molecule has 1 fully saturated rings. The number of rotatable bonds is 2. The van der Waals surface area contributed by atoms with Crippen LogP contribution in [0.15, 0.2) is 24.3 Å². The number of para-hydroxylation sites is 1. The van der Waals surface area contributed by atoms with E-state index in [1.807, 2.05) is 12.1 Å². The zero-order valence-electron chi connectivity index (χ0n) is 12.2. The van der Waals surface area contributed by atoms with E-state index in [-0.39, 0.29) is 11.9 Å². The van der Waals surface area contributed by atoms with E-state index in [0.717, 1.165) is 18.5 Å². The molecule has 0 aromatic heterocycles. The van der Waals surface area contributed by atoms with Crippen LogP contribution in [0.2, 0.25) is 0 Å². The lowest BCUT2D eigenvalue weighted by Gasteiger charge is -2.24. The molecule has 0 spiro atoms. The quantitative estimate of drug-likeness (QED) is 0.812. The van der Waals surface area contributed by atoms with Gasteiger partial charge in [-0.25, -0.2) is 0 Å². The number of amides is 1. The third-order valence-corrected chi connectivity index (χ3v) is 4.78. The van der Waals surface area contributed by atoms with Gasteiger partial charge in [-0.15, -0.1) is 0 Å². The first-order valence-corrected chi connectivity index (χ1v) is 7.89. The molecule has 1 aromatic carbocycles. The van der Waals surface area contributed by atoms with Crippen LogP contribution in [0.4, 0.5) is 5.69 Å². The summed E-state index contributed by atoms with van der Waals surface area (Å²) in [6, 6.07) is 8.47. The molecule has 0 saturated heterocycles. The molecule has 2 aliphatic rings. The van der Waals surface area contributed by atoms with E-state index in [1.165, 1.54) is 31.2 Å². The fourth-order valence-corrected chi connectivity index (χ4v) is 3.45. The monoisotopic (exact) mass is 272 g/mol. The topological polar surface area (TPSA) is 41.1 Å². The summed E-state index contributed by atoms with van der Waals surface area (Å²) in [4.78, 5) is 12.5. The minimum atomic E-state index is -0.0946. The summed E-state index contributed by atoms with van der Waals surface area (Å²) >= 11 is 0. The van der Waals surface area contributed by atoms with Crippen molar-refractivity contribution in [2.45, 2.75) is 57.5 Å². The Labute approximate surface area is 121 Å². The van der Waals surface area contributed by atoms with Crippen molar-refractivity contribution in [3.63, 3.8) is 0 Å². The summed E-state index contributed by atoms with van der Waals surface area (Å²) in [6.07, 6.45) is 7.04. The maximum absolute atomic E-state index is 12.5. The van der Waals surface area contributed by atoms with Crippen molar-refractivity contribution < 1.29 is 4.79 Å². The van der Waals surface area contributed by atoms with Gasteiger partial charge < -0.3 is 10.6 Å². The molecule has 3 rings (SSSR count). The zero-order valence-corrected chi connectivity index (χ0v) is 12.2. The zero-order chi connectivity index (χ0) is 13.9. The lowest BCUT2D eigenvalue weighted by Crippen LogP contribution is -2.46. The molecule has 3 heteroatoms. The minimum Gasteiger partial charge on any atom is -0.373 e. The Kier molecular flexibility index (Phi) is 3.95. The molecular formula is C17H24N2O. The van der Waals surface area contributed by atoms with E-state index >= 15 is 0 Å². The van der Waals surface area contributed by atoms with Gasteiger partial charge in [0, 0.05) is 18.2 Å². The lowest BCUT2D eigenvalue weighted by atomic mass is 9.96. The maximum Gasteiger partial charge on any atom is 0.243 e. The standard InChI is InChI=1S/C17H24N2O/c1-12-7-3-2-4-9-14(12)19-17(20)16-11-13-8-5-6-10-15(13)18-16/h5-6,8,10,12,14,16,18H,2-4,7,9,11H2,1H3,(H,19,20)/t12?,14?,16-/m0/s1. The van der Waals surface area contributed by atoms with E-state index in [0.29, 0.717) is 12.0 Å². The van der Waals surface area contributed by atoms with Gasteiger partial charge in [0.05, 0.1) is 0 Å². The fraction of sp³-hybridized carbons (Fsp3) is 0.588. The summed E-state index contributed by atoms with van der Waals surface area (Å²) in [5.41, 5.74) is 2.36. The van der Waals surface area contributed by atoms with Crippen LogP contribution in [0, 0.1) is 5.92 Å². The Hall–Kier alpha value is -1.51. The van der Waals surface area contributed by atoms with Crippen LogP contribution in [0.1, 0.15) is 44.6 Å². The molecule has 108 valence electrons. The Morgan fingerprint density at radius 3 is 2.85 bits per heavy atom. The molecule has 1 aromatic rings. The Balaban J connectivity index is 1.60. The van der Waals surface area contributed by atoms with Crippen molar-refractivity contribution in [3.8, 4) is 0 Å². The number of carbonyl (C=O) groups is 1. The van der Waals surface area contributed by atoms with Gasteiger partial charge in [-0.2, -0.15) is 0 Å². The van der Waals surface area contributed by atoms with E-state index in [1.54, 1.807) is 0 Å².